The number of piperidine rings is 1. The average Bonchev–Trinajstić information content (AvgIpc) is 3.40. The number of hydrogen-bond donors (Lipinski definition) is 1. The minimum atomic E-state index is -3.62. The lowest BCUT2D eigenvalue weighted by Gasteiger charge is -2.36. The molecule has 5 rings (SSSR count). The van der Waals surface area contributed by atoms with Crippen molar-refractivity contribution in [2.45, 2.75) is 31.2 Å². The number of methoxy groups -OCH3 is 1. The van der Waals surface area contributed by atoms with Gasteiger partial charge < -0.3 is 15.4 Å². The Balaban J connectivity index is 1.75. The molecule has 0 bridgehead atoms. The minimum Gasteiger partial charge on any atom is -0.479 e. The fourth-order valence-electron chi connectivity index (χ4n) is 4.60. The molecular weight excluding hydrogens is 468 g/mol. The van der Waals surface area contributed by atoms with E-state index in [2.05, 4.69) is 20.4 Å². The fourth-order valence-corrected chi connectivity index (χ4v) is 4.60. The third-order valence-electron chi connectivity index (χ3n) is 6.27. The second-order valence-corrected chi connectivity index (χ2v) is 8.58. The van der Waals surface area contributed by atoms with Gasteiger partial charge in [-0.3, -0.25) is 0 Å². The Morgan fingerprint density at radius 1 is 1.37 bits per heavy atom. The van der Waals surface area contributed by atoms with Gasteiger partial charge in [0.1, 0.15) is 17.7 Å². The van der Waals surface area contributed by atoms with Crippen LogP contribution in [0.25, 0.3) is 27.7 Å². The van der Waals surface area contributed by atoms with Gasteiger partial charge in [-0.05, 0) is 44.6 Å². The number of anilines is 1. The summed E-state index contributed by atoms with van der Waals surface area (Å²) in [5.41, 5.74) is 6.22. The Labute approximate surface area is 201 Å². The number of nitrogen functional groups attached to an aromatic ring is 1. The Hall–Kier alpha value is -3.48. The smallest absolute Gasteiger partial charge is 0.268 e. The zero-order chi connectivity index (χ0) is 27.6. The summed E-state index contributed by atoms with van der Waals surface area (Å²) in [4.78, 5) is 4.70. The second-order valence-electron chi connectivity index (χ2n) is 8.58. The van der Waals surface area contributed by atoms with E-state index in [0.29, 0.717) is 15.9 Å². The van der Waals surface area contributed by atoms with E-state index in [-0.39, 0.29) is 41.4 Å². The van der Waals surface area contributed by atoms with Crippen LogP contribution < -0.4 is 10.5 Å². The van der Waals surface area contributed by atoms with Gasteiger partial charge in [0.05, 0.1) is 42.4 Å². The molecule has 2 N–H and O–H groups in total. The number of rotatable bonds is 5. The molecule has 1 aliphatic heterocycles. The van der Waals surface area contributed by atoms with Crippen LogP contribution in [-0.2, 0) is 0 Å². The van der Waals surface area contributed by atoms with Crippen molar-refractivity contribution >= 4 is 22.5 Å². The molecule has 0 radical (unpaired) electrons. The number of halogens is 4. The topological polar surface area (TPSA) is 99.4 Å². The van der Waals surface area contributed by atoms with Crippen molar-refractivity contribution in [3.8, 4) is 17.0 Å². The number of fused-ring (bicyclic) bond motifs is 2. The maximum absolute atomic E-state index is 16.4. The predicted octanol–water partition coefficient (Wildman–Crippen LogP) is 3.46. The summed E-state index contributed by atoms with van der Waals surface area (Å²) in [6.45, 7) is -3.15. The van der Waals surface area contributed by atoms with Crippen LogP contribution in [0.5, 0.6) is 5.88 Å². The van der Waals surface area contributed by atoms with E-state index < -0.39 is 49.6 Å². The molecule has 4 aromatic rings. The predicted molar refractivity (Wildman–Crippen MR) is 121 cm³/mol. The van der Waals surface area contributed by atoms with E-state index in [1.807, 2.05) is 0 Å². The SMILES string of the molecule is [2H]C([2H])([2H])N1CC[C@H](c2c(F)c(-c3ccc4nnn([C@@H](C)CF)c4c3)c3c(OC)nc(N)nn23)C(F)(F)C1. The summed E-state index contributed by atoms with van der Waals surface area (Å²) in [7, 11) is 1.27. The molecule has 1 fully saturated rings. The average molecular weight is 495 g/mol. The number of nitrogens with zero attached hydrogens (tertiary/aromatic N) is 7. The molecule has 13 heteroatoms. The molecule has 0 unspecified atom stereocenters. The van der Waals surface area contributed by atoms with Crippen LogP contribution in [0.3, 0.4) is 0 Å². The van der Waals surface area contributed by atoms with E-state index >= 15 is 13.2 Å². The van der Waals surface area contributed by atoms with Crippen LogP contribution in [-0.4, -0.2) is 74.3 Å². The van der Waals surface area contributed by atoms with Crippen LogP contribution in [0.2, 0.25) is 0 Å². The molecular formula is C22H24F4N8O. The molecule has 0 saturated carbocycles. The normalized spacial score (nSPS) is 21.1. The van der Waals surface area contributed by atoms with E-state index in [4.69, 9.17) is 14.6 Å². The molecule has 0 spiro atoms. The summed E-state index contributed by atoms with van der Waals surface area (Å²) in [6, 6.07) is 3.95. The van der Waals surface area contributed by atoms with Crippen molar-refractivity contribution in [1.82, 2.24) is 34.5 Å². The first-order chi connectivity index (χ1) is 17.9. The Bertz CT molecular complexity index is 1520. The number of benzene rings is 1. The van der Waals surface area contributed by atoms with Crippen molar-refractivity contribution < 1.29 is 26.4 Å². The maximum Gasteiger partial charge on any atom is 0.268 e. The van der Waals surface area contributed by atoms with E-state index in [1.165, 1.54) is 23.9 Å². The number of aromatic nitrogens is 6. The number of ether oxygens (including phenoxy) is 1. The quantitative estimate of drug-likeness (QED) is 0.424. The molecule has 1 saturated heterocycles. The molecule has 4 heterocycles. The molecule has 186 valence electrons. The van der Waals surface area contributed by atoms with Gasteiger partial charge in [-0.25, -0.2) is 26.8 Å². The van der Waals surface area contributed by atoms with Crippen LogP contribution in [0.1, 0.15) is 35.1 Å². The summed E-state index contributed by atoms with van der Waals surface area (Å²) in [5, 5.41) is 12.0. The highest BCUT2D eigenvalue weighted by molar-refractivity contribution is 5.90. The zero-order valence-electron chi connectivity index (χ0n) is 21.8. The molecule has 1 aliphatic rings. The van der Waals surface area contributed by atoms with Gasteiger partial charge in [0.2, 0.25) is 11.8 Å². The van der Waals surface area contributed by atoms with Gasteiger partial charge in [-0.1, -0.05) is 11.3 Å². The maximum atomic E-state index is 16.4. The summed E-state index contributed by atoms with van der Waals surface area (Å²) < 4.78 is 90.9. The number of alkyl halides is 3. The van der Waals surface area contributed by atoms with Crippen molar-refractivity contribution in [2.24, 2.45) is 0 Å². The largest absolute Gasteiger partial charge is 0.479 e. The van der Waals surface area contributed by atoms with Crippen LogP contribution >= 0.6 is 0 Å². The van der Waals surface area contributed by atoms with Crippen molar-refractivity contribution in [2.75, 3.05) is 39.6 Å². The summed E-state index contributed by atoms with van der Waals surface area (Å²) in [5.74, 6) is -6.83. The lowest BCUT2D eigenvalue weighted by molar-refractivity contribution is -0.0788. The molecule has 0 aliphatic carbocycles. The molecule has 1 aromatic carbocycles. The van der Waals surface area contributed by atoms with Crippen LogP contribution in [0.15, 0.2) is 18.2 Å². The molecule has 35 heavy (non-hydrogen) atoms. The van der Waals surface area contributed by atoms with E-state index in [9.17, 15) is 4.39 Å². The Kier molecular flexibility index (Phi) is 4.71. The number of nitrogens with two attached hydrogens (primary N) is 1. The minimum absolute atomic E-state index is 0.0415. The number of likely N-dealkylation sites (tertiary alicyclic amines) is 1. The number of hydrogen-bond acceptors (Lipinski definition) is 7. The molecule has 3 aromatic heterocycles. The van der Waals surface area contributed by atoms with Crippen molar-refractivity contribution in [3.05, 3.63) is 29.7 Å². The monoisotopic (exact) mass is 495 g/mol. The Morgan fingerprint density at radius 2 is 2.17 bits per heavy atom. The highest BCUT2D eigenvalue weighted by Gasteiger charge is 2.48. The fraction of sp³-hybridized carbons (Fsp3) is 0.455. The summed E-state index contributed by atoms with van der Waals surface area (Å²) in [6.07, 6.45) is -0.357. The standard InChI is InChI=1S/C22H24F4N8O/c1-11(9-23)33-15-8-12(4-5-14(15)29-31-33)16-17(24)18(13-6-7-32(2)10-22(13,25)26)34-19(16)20(35-3)28-21(27)30-34/h4-5,8,11,13H,6-7,9-10H2,1-3H3,(H2,27,30)/t11-,13+/m0/s1/i2D3. The van der Waals surface area contributed by atoms with Crippen LogP contribution in [0, 0.1) is 5.82 Å². The van der Waals surface area contributed by atoms with Gasteiger partial charge >= 0.3 is 0 Å². The van der Waals surface area contributed by atoms with Gasteiger partial charge in [0, 0.05) is 4.11 Å². The third kappa shape index (κ3) is 3.65. The highest BCUT2D eigenvalue weighted by atomic mass is 19.3. The first-order valence-corrected chi connectivity index (χ1v) is 10.8. The van der Waals surface area contributed by atoms with Gasteiger partial charge in [-0.2, -0.15) is 4.98 Å². The summed E-state index contributed by atoms with van der Waals surface area (Å²) >= 11 is 0. The highest BCUT2D eigenvalue weighted by Crippen LogP contribution is 2.46. The van der Waals surface area contributed by atoms with E-state index in [1.54, 1.807) is 13.0 Å². The van der Waals surface area contributed by atoms with E-state index in [0.717, 1.165) is 4.52 Å². The van der Waals surface area contributed by atoms with Gasteiger partial charge in [-0.15, -0.1) is 10.2 Å². The lowest BCUT2D eigenvalue weighted by Crippen LogP contribution is -2.46. The van der Waals surface area contributed by atoms with Gasteiger partial charge in [0.15, 0.2) is 5.82 Å². The van der Waals surface area contributed by atoms with Crippen molar-refractivity contribution in [1.29, 1.82) is 0 Å². The molecule has 2 atom stereocenters. The van der Waals surface area contributed by atoms with Crippen LogP contribution in [0.4, 0.5) is 23.5 Å². The second kappa shape index (κ2) is 8.33. The Morgan fingerprint density at radius 3 is 2.86 bits per heavy atom. The first kappa shape index (κ1) is 19.8. The van der Waals surface area contributed by atoms with Gasteiger partial charge in [0.25, 0.3) is 5.92 Å². The third-order valence-corrected chi connectivity index (χ3v) is 6.27. The first-order valence-electron chi connectivity index (χ1n) is 12.3. The van der Waals surface area contributed by atoms with Crippen molar-refractivity contribution in [3.63, 3.8) is 0 Å². The zero-order valence-corrected chi connectivity index (χ0v) is 18.8. The lowest BCUT2D eigenvalue weighted by atomic mass is 9.89. The molecule has 9 nitrogen and oxygen atoms in total. The molecule has 0 amide bonds.